The first-order valence-electron chi connectivity index (χ1n) is 8.82. The van der Waals surface area contributed by atoms with Crippen LogP contribution in [0.15, 0.2) is 42.6 Å². The van der Waals surface area contributed by atoms with Crippen LogP contribution >= 0.6 is 11.6 Å². The fraction of sp³-hybridized carbons (Fsp3) is 0.227. The fourth-order valence-electron chi connectivity index (χ4n) is 2.99. The number of esters is 1. The molecule has 0 amide bonds. The minimum atomic E-state index is -0.721. The summed E-state index contributed by atoms with van der Waals surface area (Å²) in [6.45, 7) is 5.28. The van der Waals surface area contributed by atoms with Gasteiger partial charge in [-0.25, -0.2) is 9.59 Å². The summed E-state index contributed by atoms with van der Waals surface area (Å²) in [6, 6.07) is 12.4. The molecule has 0 fully saturated rings. The summed E-state index contributed by atoms with van der Waals surface area (Å²) in [5.74, 6) is -0.609. The molecule has 0 spiro atoms. The predicted octanol–water partition coefficient (Wildman–Crippen LogP) is 5.40. The molecule has 2 aromatic carbocycles. The summed E-state index contributed by atoms with van der Waals surface area (Å²) >= 11 is 6.51. The van der Waals surface area contributed by atoms with Crippen LogP contribution in [0.2, 0.25) is 5.02 Å². The maximum atomic E-state index is 12.9. The van der Waals surface area contributed by atoms with Gasteiger partial charge in [0.1, 0.15) is 5.60 Å². The highest BCUT2D eigenvalue weighted by atomic mass is 35.5. The van der Waals surface area contributed by atoms with Crippen LogP contribution in [0.5, 0.6) is 0 Å². The highest BCUT2D eigenvalue weighted by Crippen LogP contribution is 2.37. The third kappa shape index (κ3) is 3.96. The molecule has 0 aliphatic rings. The van der Waals surface area contributed by atoms with Gasteiger partial charge in [0.25, 0.3) is 0 Å². The summed E-state index contributed by atoms with van der Waals surface area (Å²) in [5.41, 5.74) is 1.65. The average molecular weight is 411 g/mol. The van der Waals surface area contributed by atoms with Gasteiger partial charge in [0.2, 0.25) is 0 Å². The lowest BCUT2D eigenvalue weighted by atomic mass is 10.0. The second-order valence-corrected chi connectivity index (χ2v) is 7.78. The Hall–Kier alpha value is -3.30. The Balaban J connectivity index is 2.31. The van der Waals surface area contributed by atoms with Gasteiger partial charge in [0.05, 0.1) is 34.8 Å². The first kappa shape index (κ1) is 20.4. The zero-order valence-corrected chi connectivity index (χ0v) is 17.2. The lowest BCUT2D eigenvalue weighted by Gasteiger charge is -2.20. The number of benzene rings is 2. The Bertz CT molecular complexity index is 1170. The molecule has 0 unspecified atom stereocenters. The molecule has 0 atom stereocenters. The van der Waals surface area contributed by atoms with Gasteiger partial charge in [-0.2, -0.15) is 5.26 Å². The lowest BCUT2D eigenvalue weighted by Crippen LogP contribution is -2.26. The maximum absolute atomic E-state index is 12.9. The van der Waals surface area contributed by atoms with Crippen molar-refractivity contribution in [3.63, 3.8) is 0 Å². The molecule has 1 aromatic heterocycles. The zero-order valence-electron chi connectivity index (χ0n) is 16.4. The van der Waals surface area contributed by atoms with E-state index in [-0.39, 0.29) is 10.6 Å². The monoisotopic (exact) mass is 410 g/mol. The van der Waals surface area contributed by atoms with E-state index < -0.39 is 17.7 Å². The second-order valence-electron chi connectivity index (χ2n) is 7.40. The molecule has 0 aliphatic heterocycles. The number of hydrogen-bond acceptors (Lipinski definition) is 5. The van der Waals surface area contributed by atoms with E-state index in [1.165, 1.54) is 11.7 Å². The van der Waals surface area contributed by atoms with Gasteiger partial charge in [0.15, 0.2) is 0 Å². The quantitative estimate of drug-likeness (QED) is 0.528. The molecular weight excluding hydrogens is 392 g/mol. The van der Waals surface area contributed by atoms with Crippen molar-refractivity contribution in [2.75, 3.05) is 7.11 Å². The van der Waals surface area contributed by atoms with Crippen molar-refractivity contribution >= 4 is 34.6 Å². The third-order valence-electron chi connectivity index (χ3n) is 4.20. The van der Waals surface area contributed by atoms with E-state index in [0.29, 0.717) is 22.0 Å². The SMILES string of the molecule is COC(=O)c1ccc2c(-c3cccc(C#N)c3)cn(C(=O)OC(C)(C)C)c2c1Cl. The van der Waals surface area contributed by atoms with E-state index in [4.69, 9.17) is 21.1 Å². The number of nitriles is 1. The largest absolute Gasteiger partial charge is 0.465 e. The third-order valence-corrected chi connectivity index (χ3v) is 4.59. The number of rotatable bonds is 2. The van der Waals surface area contributed by atoms with Gasteiger partial charge in [0, 0.05) is 17.1 Å². The maximum Gasteiger partial charge on any atom is 0.419 e. The summed E-state index contributed by atoms with van der Waals surface area (Å²) < 4.78 is 11.6. The van der Waals surface area contributed by atoms with Gasteiger partial charge in [-0.1, -0.05) is 29.8 Å². The Kier molecular flexibility index (Phi) is 5.36. The molecular formula is C22H19ClN2O4. The standard InChI is InChI=1S/C22H19ClN2O4/c1-22(2,3)29-21(27)25-12-17(14-7-5-6-13(10-14)11-24)15-8-9-16(20(26)28-4)18(23)19(15)25/h5-10,12H,1-4H3. The zero-order chi connectivity index (χ0) is 21.3. The van der Waals surface area contributed by atoms with Gasteiger partial charge < -0.3 is 9.47 Å². The van der Waals surface area contributed by atoms with E-state index in [1.54, 1.807) is 57.3 Å². The molecule has 1 heterocycles. The minimum Gasteiger partial charge on any atom is -0.465 e. The normalized spacial score (nSPS) is 11.2. The van der Waals surface area contributed by atoms with E-state index in [2.05, 4.69) is 6.07 Å². The van der Waals surface area contributed by atoms with Crippen molar-refractivity contribution in [1.29, 1.82) is 5.26 Å². The van der Waals surface area contributed by atoms with E-state index in [1.807, 2.05) is 6.07 Å². The van der Waals surface area contributed by atoms with Gasteiger partial charge in [-0.05, 0) is 44.5 Å². The van der Waals surface area contributed by atoms with Crippen molar-refractivity contribution in [3.05, 3.63) is 58.7 Å². The van der Waals surface area contributed by atoms with Gasteiger partial charge >= 0.3 is 12.1 Å². The molecule has 6 nitrogen and oxygen atoms in total. The van der Waals surface area contributed by atoms with Crippen LogP contribution in [0, 0.1) is 11.3 Å². The Morgan fingerprint density at radius 2 is 1.90 bits per heavy atom. The summed E-state index contributed by atoms with van der Waals surface area (Å²) in [4.78, 5) is 24.9. The van der Waals surface area contributed by atoms with Crippen molar-refractivity contribution in [3.8, 4) is 17.2 Å². The Morgan fingerprint density at radius 3 is 2.52 bits per heavy atom. The number of nitrogens with zero attached hydrogens (tertiary/aromatic N) is 2. The van der Waals surface area contributed by atoms with Gasteiger partial charge in [-0.3, -0.25) is 4.57 Å². The lowest BCUT2D eigenvalue weighted by molar-refractivity contribution is 0.0541. The van der Waals surface area contributed by atoms with Crippen LogP contribution in [0.1, 0.15) is 36.7 Å². The smallest absolute Gasteiger partial charge is 0.419 e. The van der Waals surface area contributed by atoms with Crippen LogP contribution < -0.4 is 0 Å². The predicted molar refractivity (Wildman–Crippen MR) is 110 cm³/mol. The molecule has 29 heavy (non-hydrogen) atoms. The molecule has 0 bridgehead atoms. The highest BCUT2D eigenvalue weighted by molar-refractivity contribution is 6.39. The number of hydrogen-bond donors (Lipinski definition) is 0. The first-order chi connectivity index (χ1) is 13.7. The van der Waals surface area contributed by atoms with Gasteiger partial charge in [-0.15, -0.1) is 0 Å². The van der Waals surface area contributed by atoms with Crippen molar-refractivity contribution in [2.24, 2.45) is 0 Å². The van der Waals surface area contributed by atoms with Crippen LogP contribution in [0.4, 0.5) is 4.79 Å². The first-order valence-corrected chi connectivity index (χ1v) is 9.20. The minimum absolute atomic E-state index is 0.0860. The molecule has 148 valence electrons. The highest BCUT2D eigenvalue weighted by Gasteiger charge is 2.25. The number of ether oxygens (including phenoxy) is 2. The topological polar surface area (TPSA) is 81.3 Å². The van der Waals surface area contributed by atoms with Crippen LogP contribution in [-0.2, 0) is 9.47 Å². The molecule has 0 saturated heterocycles. The van der Waals surface area contributed by atoms with E-state index >= 15 is 0 Å². The fourth-order valence-corrected chi connectivity index (χ4v) is 3.32. The number of carbonyl (C=O) groups is 2. The molecule has 0 aliphatic carbocycles. The van der Waals surface area contributed by atoms with E-state index in [9.17, 15) is 14.9 Å². The van der Waals surface area contributed by atoms with Crippen molar-refractivity contribution in [1.82, 2.24) is 4.57 Å². The summed E-state index contributed by atoms with van der Waals surface area (Å²) in [5, 5.41) is 9.94. The van der Waals surface area contributed by atoms with Crippen LogP contribution in [-0.4, -0.2) is 29.3 Å². The summed E-state index contributed by atoms with van der Waals surface area (Å²) in [6.07, 6.45) is 0.969. The second kappa shape index (κ2) is 7.61. The number of aromatic nitrogens is 1. The molecule has 0 saturated carbocycles. The number of carbonyl (C=O) groups excluding carboxylic acids is 2. The molecule has 7 heteroatoms. The van der Waals surface area contributed by atoms with Crippen LogP contribution in [0.25, 0.3) is 22.0 Å². The number of fused-ring (bicyclic) bond motifs is 1. The van der Waals surface area contributed by atoms with Crippen molar-refractivity contribution < 1.29 is 19.1 Å². The Morgan fingerprint density at radius 1 is 1.17 bits per heavy atom. The Labute approximate surface area is 173 Å². The number of methoxy groups -OCH3 is 1. The molecule has 3 rings (SSSR count). The molecule has 3 aromatic rings. The molecule has 0 N–H and O–H groups in total. The average Bonchev–Trinajstić information content (AvgIpc) is 3.07. The van der Waals surface area contributed by atoms with E-state index in [0.717, 1.165) is 5.56 Å². The molecule has 0 radical (unpaired) electrons. The number of halogens is 1. The van der Waals surface area contributed by atoms with Crippen LogP contribution in [0.3, 0.4) is 0 Å². The summed E-state index contributed by atoms with van der Waals surface area (Å²) in [7, 11) is 1.26. The van der Waals surface area contributed by atoms with Crippen molar-refractivity contribution in [2.45, 2.75) is 26.4 Å².